The van der Waals surface area contributed by atoms with Crippen LogP contribution >= 0.6 is 27.5 Å². The average Bonchev–Trinajstić information content (AvgIpc) is 2.86. The van der Waals surface area contributed by atoms with Crippen LogP contribution in [0.5, 0.6) is 0 Å². The summed E-state index contributed by atoms with van der Waals surface area (Å²) in [4.78, 5) is 2.31. The van der Waals surface area contributed by atoms with Crippen molar-refractivity contribution in [1.29, 1.82) is 5.26 Å². The highest BCUT2D eigenvalue weighted by Crippen LogP contribution is 2.40. The molecule has 0 spiro atoms. The lowest BCUT2D eigenvalue weighted by molar-refractivity contribution is -0.141. The van der Waals surface area contributed by atoms with Gasteiger partial charge in [-0.25, -0.2) is 0 Å². The van der Waals surface area contributed by atoms with Crippen molar-refractivity contribution in [3.63, 3.8) is 0 Å². The van der Waals surface area contributed by atoms with Gasteiger partial charge in [-0.2, -0.15) is 18.4 Å². The Labute approximate surface area is 150 Å². The minimum atomic E-state index is -4.61. The molecule has 1 N–H and O–H groups in total. The summed E-state index contributed by atoms with van der Waals surface area (Å²) in [6, 6.07) is 8.37. The number of ether oxygens (including phenoxy) is 1. The number of aromatic amines is 1. The van der Waals surface area contributed by atoms with Crippen molar-refractivity contribution in [1.82, 2.24) is 4.98 Å². The lowest BCUT2D eigenvalue weighted by Crippen LogP contribution is -2.10. The monoisotopic (exact) mass is 420 g/mol. The largest absolute Gasteiger partial charge is 0.432 e. The zero-order chi connectivity index (χ0) is 17.9. The molecule has 24 heavy (non-hydrogen) atoms. The third kappa shape index (κ3) is 3.94. The number of benzene rings is 1. The number of hydrogen-bond acceptors (Lipinski definition) is 2. The fraction of sp³-hybridized carbons (Fsp3) is 0.312. The molecule has 0 saturated heterocycles. The van der Waals surface area contributed by atoms with Gasteiger partial charge in [0.25, 0.3) is 0 Å². The number of H-pyrrole nitrogens is 1. The van der Waals surface area contributed by atoms with E-state index < -0.39 is 18.0 Å². The summed E-state index contributed by atoms with van der Waals surface area (Å²) in [5.41, 5.74) is -0.467. The molecule has 1 atom stereocenters. The van der Waals surface area contributed by atoms with Crippen molar-refractivity contribution >= 4 is 27.5 Å². The summed E-state index contributed by atoms with van der Waals surface area (Å²) >= 11 is 8.73. The fourth-order valence-electron chi connectivity index (χ4n) is 2.22. The molecule has 128 valence electrons. The third-order valence-corrected chi connectivity index (χ3v) is 4.33. The number of nitrogens with zero attached hydrogens (tertiary/aromatic N) is 1. The van der Waals surface area contributed by atoms with Gasteiger partial charge < -0.3 is 9.72 Å². The van der Waals surface area contributed by atoms with Gasteiger partial charge in [0.15, 0.2) is 0 Å². The summed E-state index contributed by atoms with van der Waals surface area (Å²) in [5.74, 6) is 0. The maximum Gasteiger partial charge on any atom is 0.432 e. The Morgan fingerprint density at radius 1 is 1.33 bits per heavy atom. The first-order valence-corrected chi connectivity index (χ1v) is 8.22. The van der Waals surface area contributed by atoms with Crippen molar-refractivity contribution < 1.29 is 17.9 Å². The molecule has 0 aliphatic carbocycles. The van der Waals surface area contributed by atoms with Gasteiger partial charge >= 0.3 is 6.18 Å². The number of rotatable bonds is 5. The highest BCUT2D eigenvalue weighted by Gasteiger charge is 2.38. The zero-order valence-electron chi connectivity index (χ0n) is 12.5. The van der Waals surface area contributed by atoms with Crippen molar-refractivity contribution in [2.75, 3.05) is 6.61 Å². The molecule has 3 nitrogen and oxygen atoms in total. The Hall–Kier alpha value is -1.49. The Kier molecular flexibility index (Phi) is 5.97. The molecule has 0 aliphatic rings. The summed E-state index contributed by atoms with van der Waals surface area (Å²) in [5, 5.41) is 9.80. The van der Waals surface area contributed by atoms with E-state index in [0.717, 1.165) is 0 Å². The standard InChI is InChI=1S/C16H13BrClF3N2O/c1-2-7-24-14(9-3-5-10(18)6-4-9)13-11(8-22)12(17)15(23-13)16(19,20)21/h3-6,14,23H,2,7H2,1H3. The van der Waals surface area contributed by atoms with Crippen LogP contribution in [0.2, 0.25) is 5.02 Å². The summed E-state index contributed by atoms with van der Waals surface area (Å²) < 4.78 is 44.8. The maximum absolute atomic E-state index is 13.1. The lowest BCUT2D eigenvalue weighted by Gasteiger charge is -2.18. The predicted octanol–water partition coefficient (Wildman–Crippen LogP) is 5.84. The van der Waals surface area contributed by atoms with E-state index in [1.165, 1.54) is 0 Å². The van der Waals surface area contributed by atoms with Gasteiger partial charge in [0.2, 0.25) is 0 Å². The first-order chi connectivity index (χ1) is 11.3. The maximum atomic E-state index is 13.1. The number of alkyl halides is 3. The molecule has 1 aromatic heterocycles. The second-order valence-corrected chi connectivity index (χ2v) is 6.24. The topological polar surface area (TPSA) is 48.8 Å². The number of aromatic nitrogens is 1. The van der Waals surface area contributed by atoms with Crippen LogP contribution in [0.25, 0.3) is 0 Å². The van der Waals surface area contributed by atoms with Crippen molar-refractivity contribution in [3.8, 4) is 6.07 Å². The van der Waals surface area contributed by atoms with Crippen LogP contribution in [-0.4, -0.2) is 11.6 Å². The Morgan fingerprint density at radius 3 is 2.46 bits per heavy atom. The summed E-state index contributed by atoms with van der Waals surface area (Å²) in [6.45, 7) is 2.21. The summed E-state index contributed by atoms with van der Waals surface area (Å²) in [6.07, 6.45) is -4.76. The number of halogens is 5. The number of nitrogens with one attached hydrogen (secondary N) is 1. The van der Waals surface area contributed by atoms with E-state index in [1.54, 1.807) is 24.3 Å². The van der Waals surface area contributed by atoms with Crippen LogP contribution in [-0.2, 0) is 10.9 Å². The fourth-order valence-corrected chi connectivity index (χ4v) is 2.97. The van der Waals surface area contributed by atoms with Gasteiger partial charge in [0.05, 0.1) is 15.7 Å². The van der Waals surface area contributed by atoms with E-state index in [1.807, 2.05) is 13.0 Å². The van der Waals surface area contributed by atoms with Crippen LogP contribution in [0.1, 0.15) is 42.0 Å². The number of nitriles is 1. The van der Waals surface area contributed by atoms with E-state index in [4.69, 9.17) is 16.3 Å². The molecule has 1 heterocycles. The quantitative estimate of drug-likeness (QED) is 0.659. The van der Waals surface area contributed by atoms with Crippen LogP contribution < -0.4 is 0 Å². The molecule has 2 aromatic rings. The molecular weight excluding hydrogens is 409 g/mol. The molecule has 0 saturated carbocycles. The predicted molar refractivity (Wildman–Crippen MR) is 87.7 cm³/mol. The van der Waals surface area contributed by atoms with E-state index in [9.17, 15) is 18.4 Å². The Morgan fingerprint density at radius 2 is 1.96 bits per heavy atom. The highest BCUT2D eigenvalue weighted by molar-refractivity contribution is 9.10. The average molecular weight is 422 g/mol. The van der Waals surface area contributed by atoms with E-state index in [-0.39, 0.29) is 15.7 Å². The van der Waals surface area contributed by atoms with Gasteiger partial charge in [0, 0.05) is 11.6 Å². The molecule has 0 amide bonds. The molecule has 0 fully saturated rings. The zero-order valence-corrected chi connectivity index (χ0v) is 14.9. The molecular formula is C16H13BrClF3N2O. The lowest BCUT2D eigenvalue weighted by atomic mass is 10.0. The number of hydrogen-bond donors (Lipinski definition) is 1. The third-order valence-electron chi connectivity index (χ3n) is 3.29. The first kappa shape index (κ1) is 18.8. The first-order valence-electron chi connectivity index (χ1n) is 7.05. The van der Waals surface area contributed by atoms with Gasteiger partial charge in [-0.1, -0.05) is 30.7 Å². The van der Waals surface area contributed by atoms with Crippen LogP contribution in [0, 0.1) is 11.3 Å². The van der Waals surface area contributed by atoms with Gasteiger partial charge in [-0.3, -0.25) is 0 Å². The van der Waals surface area contributed by atoms with E-state index in [2.05, 4.69) is 20.9 Å². The molecule has 2 rings (SSSR count). The molecule has 0 bridgehead atoms. The van der Waals surface area contributed by atoms with Crippen LogP contribution in [0.15, 0.2) is 28.7 Å². The van der Waals surface area contributed by atoms with Gasteiger partial charge in [-0.05, 0) is 40.0 Å². The van der Waals surface area contributed by atoms with Crippen molar-refractivity contribution in [2.45, 2.75) is 25.6 Å². The van der Waals surface area contributed by atoms with Crippen LogP contribution in [0.3, 0.4) is 0 Å². The normalized spacial score (nSPS) is 12.9. The molecule has 0 radical (unpaired) electrons. The molecule has 1 unspecified atom stereocenters. The minimum absolute atomic E-state index is 0.0625. The second kappa shape index (κ2) is 7.60. The molecule has 8 heteroatoms. The van der Waals surface area contributed by atoms with Crippen molar-refractivity contribution in [2.24, 2.45) is 0 Å². The Balaban J connectivity index is 2.58. The molecule has 0 aliphatic heterocycles. The van der Waals surface area contributed by atoms with E-state index >= 15 is 0 Å². The smallest absolute Gasteiger partial charge is 0.367 e. The van der Waals surface area contributed by atoms with Gasteiger partial charge in [0.1, 0.15) is 17.9 Å². The van der Waals surface area contributed by atoms with Crippen molar-refractivity contribution in [3.05, 3.63) is 56.3 Å². The van der Waals surface area contributed by atoms with Crippen LogP contribution in [0.4, 0.5) is 13.2 Å². The molecule has 1 aromatic carbocycles. The summed E-state index contributed by atoms with van der Waals surface area (Å²) in [7, 11) is 0. The highest BCUT2D eigenvalue weighted by atomic mass is 79.9. The second-order valence-electron chi connectivity index (χ2n) is 5.01. The SMILES string of the molecule is CCCOC(c1ccc(Cl)cc1)c1[nH]c(C(F)(F)F)c(Br)c1C#N. The van der Waals surface area contributed by atoms with E-state index in [0.29, 0.717) is 23.6 Å². The Bertz CT molecular complexity index is 750. The van der Waals surface area contributed by atoms with Gasteiger partial charge in [-0.15, -0.1) is 0 Å². The minimum Gasteiger partial charge on any atom is -0.367 e.